The van der Waals surface area contributed by atoms with E-state index >= 15 is 0 Å². The molecular weight excluding hydrogens is 214 g/mol. The number of hydrogen-bond acceptors (Lipinski definition) is 3. The van der Waals surface area contributed by atoms with Gasteiger partial charge < -0.3 is 14.8 Å². The first kappa shape index (κ1) is 14.0. The minimum atomic E-state index is 0.378. The molecule has 0 aromatic heterocycles. The van der Waals surface area contributed by atoms with Gasteiger partial charge in [0.15, 0.2) is 0 Å². The molecule has 0 aliphatic carbocycles. The van der Waals surface area contributed by atoms with Gasteiger partial charge in [-0.05, 0) is 31.5 Å². The van der Waals surface area contributed by atoms with Crippen molar-refractivity contribution < 1.29 is 9.47 Å². The average molecular weight is 237 g/mol. The Morgan fingerprint density at radius 2 is 2.00 bits per heavy atom. The van der Waals surface area contributed by atoms with Crippen LogP contribution in [-0.2, 0) is 4.74 Å². The second-order valence-corrected chi connectivity index (χ2v) is 4.06. The van der Waals surface area contributed by atoms with Crippen molar-refractivity contribution in [3.05, 3.63) is 30.3 Å². The molecular formula is C14H23NO2. The van der Waals surface area contributed by atoms with Crippen molar-refractivity contribution in [3.63, 3.8) is 0 Å². The fourth-order valence-electron chi connectivity index (χ4n) is 1.63. The van der Waals surface area contributed by atoms with Gasteiger partial charge in [-0.2, -0.15) is 0 Å². The molecule has 0 bridgehead atoms. The molecule has 1 atom stereocenters. The van der Waals surface area contributed by atoms with Crippen LogP contribution in [0.1, 0.15) is 19.8 Å². The van der Waals surface area contributed by atoms with E-state index in [2.05, 4.69) is 12.2 Å². The molecule has 0 heterocycles. The molecule has 1 unspecified atom stereocenters. The maximum atomic E-state index is 5.67. The van der Waals surface area contributed by atoms with Crippen LogP contribution in [0.4, 0.5) is 0 Å². The predicted octanol–water partition coefficient (Wildman–Crippen LogP) is 2.47. The number of benzene rings is 1. The highest BCUT2D eigenvalue weighted by Gasteiger charge is 2.07. The van der Waals surface area contributed by atoms with Crippen LogP contribution in [0.3, 0.4) is 0 Å². The largest absolute Gasteiger partial charge is 0.494 e. The minimum absolute atomic E-state index is 0.378. The molecule has 1 N–H and O–H groups in total. The fraction of sp³-hybridized carbons (Fsp3) is 0.571. The molecule has 3 nitrogen and oxygen atoms in total. The van der Waals surface area contributed by atoms with Gasteiger partial charge in [0.05, 0.1) is 13.2 Å². The van der Waals surface area contributed by atoms with Crippen molar-refractivity contribution in [2.45, 2.75) is 25.8 Å². The third-order valence-electron chi connectivity index (χ3n) is 2.53. The molecule has 1 rings (SSSR count). The third kappa shape index (κ3) is 6.29. The molecule has 0 radical (unpaired) electrons. The maximum Gasteiger partial charge on any atom is 0.119 e. The molecule has 0 saturated heterocycles. The van der Waals surface area contributed by atoms with Gasteiger partial charge in [-0.15, -0.1) is 0 Å². The van der Waals surface area contributed by atoms with E-state index in [1.807, 2.05) is 30.3 Å². The standard InChI is InChI=1S/C14H23NO2/c1-3-10-15-13(12-16-2)9-11-17-14-7-5-4-6-8-14/h4-8,13,15H,3,9-12H2,1-2H3. The van der Waals surface area contributed by atoms with E-state index in [4.69, 9.17) is 9.47 Å². The summed E-state index contributed by atoms with van der Waals surface area (Å²) in [5.74, 6) is 0.930. The van der Waals surface area contributed by atoms with Crippen molar-refractivity contribution >= 4 is 0 Å². The summed E-state index contributed by atoms with van der Waals surface area (Å²) in [6.45, 7) is 4.64. The summed E-state index contributed by atoms with van der Waals surface area (Å²) in [4.78, 5) is 0. The van der Waals surface area contributed by atoms with Gasteiger partial charge in [-0.25, -0.2) is 0 Å². The van der Waals surface area contributed by atoms with E-state index in [9.17, 15) is 0 Å². The molecule has 1 aromatic rings. The van der Waals surface area contributed by atoms with Crippen molar-refractivity contribution in [3.8, 4) is 5.75 Å². The Labute approximate surface area is 104 Å². The lowest BCUT2D eigenvalue weighted by atomic mass is 10.2. The topological polar surface area (TPSA) is 30.5 Å². The first-order chi connectivity index (χ1) is 8.36. The zero-order valence-electron chi connectivity index (χ0n) is 10.8. The molecule has 1 aromatic carbocycles. The average Bonchev–Trinajstić information content (AvgIpc) is 2.37. The molecule has 3 heteroatoms. The Kier molecular flexibility index (Phi) is 7.43. The fourth-order valence-corrected chi connectivity index (χ4v) is 1.63. The SMILES string of the molecule is CCCNC(CCOc1ccccc1)COC. The first-order valence-electron chi connectivity index (χ1n) is 6.27. The zero-order valence-corrected chi connectivity index (χ0v) is 10.8. The summed E-state index contributed by atoms with van der Waals surface area (Å²) in [5.41, 5.74) is 0. The van der Waals surface area contributed by atoms with Gasteiger partial charge in [0.2, 0.25) is 0 Å². The second-order valence-electron chi connectivity index (χ2n) is 4.06. The summed E-state index contributed by atoms with van der Waals surface area (Å²) in [7, 11) is 1.73. The highest BCUT2D eigenvalue weighted by atomic mass is 16.5. The smallest absolute Gasteiger partial charge is 0.119 e. The first-order valence-corrected chi connectivity index (χ1v) is 6.27. The number of ether oxygens (including phenoxy) is 2. The second kappa shape index (κ2) is 9.02. The van der Waals surface area contributed by atoms with Crippen LogP contribution in [0, 0.1) is 0 Å². The predicted molar refractivity (Wildman–Crippen MR) is 70.5 cm³/mol. The zero-order chi connectivity index (χ0) is 12.3. The minimum Gasteiger partial charge on any atom is -0.494 e. The summed E-state index contributed by atoms with van der Waals surface area (Å²) in [6, 6.07) is 10.3. The Morgan fingerprint density at radius 3 is 2.65 bits per heavy atom. The normalized spacial score (nSPS) is 12.4. The third-order valence-corrected chi connectivity index (χ3v) is 2.53. The Balaban J connectivity index is 2.22. The summed E-state index contributed by atoms with van der Waals surface area (Å²) >= 11 is 0. The summed E-state index contributed by atoms with van der Waals surface area (Å²) < 4.78 is 10.9. The van der Waals surface area contributed by atoms with Crippen LogP contribution in [0.2, 0.25) is 0 Å². The molecule has 0 aliphatic rings. The van der Waals surface area contributed by atoms with E-state index in [-0.39, 0.29) is 0 Å². The van der Waals surface area contributed by atoms with Crippen LogP contribution >= 0.6 is 0 Å². The van der Waals surface area contributed by atoms with Crippen molar-refractivity contribution in [2.24, 2.45) is 0 Å². The van der Waals surface area contributed by atoms with Gasteiger partial charge in [0.1, 0.15) is 5.75 Å². The molecule has 0 fully saturated rings. The summed E-state index contributed by atoms with van der Waals surface area (Å²) in [6.07, 6.45) is 2.10. The molecule has 17 heavy (non-hydrogen) atoms. The van der Waals surface area contributed by atoms with Gasteiger partial charge in [0.25, 0.3) is 0 Å². The van der Waals surface area contributed by atoms with Crippen LogP contribution in [0.5, 0.6) is 5.75 Å². The lowest BCUT2D eigenvalue weighted by molar-refractivity contribution is 0.152. The summed E-state index contributed by atoms with van der Waals surface area (Å²) in [5, 5.41) is 3.45. The Hall–Kier alpha value is -1.06. The van der Waals surface area contributed by atoms with Crippen molar-refractivity contribution in [2.75, 3.05) is 26.9 Å². The highest BCUT2D eigenvalue weighted by Crippen LogP contribution is 2.08. The quantitative estimate of drug-likeness (QED) is 0.715. The van der Waals surface area contributed by atoms with E-state index in [1.165, 1.54) is 0 Å². The Morgan fingerprint density at radius 1 is 1.24 bits per heavy atom. The van der Waals surface area contributed by atoms with E-state index in [1.54, 1.807) is 7.11 Å². The van der Waals surface area contributed by atoms with E-state index in [0.29, 0.717) is 6.04 Å². The number of nitrogens with one attached hydrogen (secondary N) is 1. The highest BCUT2D eigenvalue weighted by molar-refractivity contribution is 5.20. The van der Waals surface area contributed by atoms with Crippen molar-refractivity contribution in [1.29, 1.82) is 0 Å². The van der Waals surface area contributed by atoms with Crippen LogP contribution < -0.4 is 10.1 Å². The van der Waals surface area contributed by atoms with Crippen LogP contribution in [0.15, 0.2) is 30.3 Å². The maximum absolute atomic E-state index is 5.67. The molecule has 0 amide bonds. The molecule has 96 valence electrons. The molecule has 0 aliphatic heterocycles. The van der Waals surface area contributed by atoms with Gasteiger partial charge in [-0.1, -0.05) is 25.1 Å². The van der Waals surface area contributed by atoms with Crippen molar-refractivity contribution in [1.82, 2.24) is 5.32 Å². The number of methoxy groups -OCH3 is 1. The van der Waals surface area contributed by atoms with E-state index < -0.39 is 0 Å². The van der Waals surface area contributed by atoms with Gasteiger partial charge >= 0.3 is 0 Å². The molecule has 0 saturated carbocycles. The van der Waals surface area contributed by atoms with Crippen LogP contribution in [-0.4, -0.2) is 32.9 Å². The lowest BCUT2D eigenvalue weighted by Gasteiger charge is -2.17. The number of rotatable bonds is 9. The lowest BCUT2D eigenvalue weighted by Crippen LogP contribution is -2.35. The number of para-hydroxylation sites is 1. The molecule has 0 spiro atoms. The van der Waals surface area contributed by atoms with E-state index in [0.717, 1.165) is 38.3 Å². The van der Waals surface area contributed by atoms with Gasteiger partial charge in [0, 0.05) is 13.2 Å². The van der Waals surface area contributed by atoms with Gasteiger partial charge in [-0.3, -0.25) is 0 Å². The monoisotopic (exact) mass is 237 g/mol. The Bertz CT molecular complexity index is 277. The van der Waals surface area contributed by atoms with Crippen LogP contribution in [0.25, 0.3) is 0 Å². The number of hydrogen-bond donors (Lipinski definition) is 1.